The zero-order valence-electron chi connectivity index (χ0n) is 13.1. The molecule has 0 amide bonds. The van der Waals surface area contributed by atoms with E-state index in [1.54, 1.807) is 0 Å². The summed E-state index contributed by atoms with van der Waals surface area (Å²) in [5.41, 5.74) is 7.03. The van der Waals surface area contributed by atoms with E-state index in [-0.39, 0.29) is 0 Å². The van der Waals surface area contributed by atoms with Crippen LogP contribution < -0.4 is 5.73 Å². The molecular weight excluding hydrogens is 252 g/mol. The first-order valence-electron chi connectivity index (χ1n) is 8.01. The number of hydrogen-bond acceptors (Lipinski definition) is 3. The highest BCUT2D eigenvalue weighted by atomic mass is 32.2. The molecule has 0 spiro atoms. The molecular formula is C16H32N2S. The summed E-state index contributed by atoms with van der Waals surface area (Å²) in [5, 5.41) is 0. The molecule has 19 heavy (non-hydrogen) atoms. The molecule has 1 aliphatic heterocycles. The molecule has 2 N–H and O–H groups in total. The Bertz CT molecular complexity index is 281. The normalized spacial score (nSPS) is 35.1. The second kappa shape index (κ2) is 6.36. The van der Waals surface area contributed by atoms with Gasteiger partial charge in [-0.15, -0.1) is 0 Å². The van der Waals surface area contributed by atoms with Gasteiger partial charge >= 0.3 is 0 Å². The van der Waals surface area contributed by atoms with Gasteiger partial charge in [0.25, 0.3) is 0 Å². The molecule has 1 saturated carbocycles. The Morgan fingerprint density at radius 3 is 2.42 bits per heavy atom. The van der Waals surface area contributed by atoms with Gasteiger partial charge < -0.3 is 5.73 Å². The molecule has 2 fully saturated rings. The van der Waals surface area contributed by atoms with Crippen LogP contribution in [0.5, 0.6) is 0 Å². The Morgan fingerprint density at radius 2 is 1.84 bits per heavy atom. The maximum atomic E-state index is 6.24. The molecule has 112 valence electrons. The second-order valence-corrected chi connectivity index (χ2v) is 8.75. The summed E-state index contributed by atoms with van der Waals surface area (Å²) in [4.78, 5) is 2.73. The maximum Gasteiger partial charge on any atom is 0.0332 e. The third-order valence-electron chi connectivity index (χ3n) is 5.44. The summed E-state index contributed by atoms with van der Waals surface area (Å²) < 4.78 is 0. The fourth-order valence-electron chi connectivity index (χ4n) is 3.94. The predicted octanol–water partition coefficient (Wildman–Crippen LogP) is 3.36. The minimum absolute atomic E-state index is 0.320. The number of nitrogens with two attached hydrogens (primary N) is 1. The number of thioether (sulfide) groups is 1. The predicted molar refractivity (Wildman–Crippen MR) is 86.7 cm³/mol. The molecule has 2 unspecified atom stereocenters. The first-order valence-corrected chi connectivity index (χ1v) is 9.16. The fraction of sp³-hybridized carbons (Fsp3) is 1.00. The Labute approximate surface area is 123 Å². The third-order valence-corrected chi connectivity index (χ3v) is 6.38. The van der Waals surface area contributed by atoms with Gasteiger partial charge in [-0.1, -0.05) is 27.2 Å². The Balaban J connectivity index is 2.05. The fourth-order valence-corrected chi connectivity index (χ4v) is 4.85. The van der Waals surface area contributed by atoms with E-state index in [1.165, 1.54) is 56.7 Å². The van der Waals surface area contributed by atoms with Crippen LogP contribution in [0.3, 0.4) is 0 Å². The van der Waals surface area contributed by atoms with Crippen LogP contribution >= 0.6 is 11.8 Å². The van der Waals surface area contributed by atoms with Crippen LogP contribution in [0.1, 0.15) is 52.9 Å². The highest BCUT2D eigenvalue weighted by molar-refractivity contribution is 7.99. The van der Waals surface area contributed by atoms with Gasteiger partial charge in [0.1, 0.15) is 0 Å². The van der Waals surface area contributed by atoms with E-state index in [4.69, 9.17) is 5.73 Å². The molecule has 2 nitrogen and oxygen atoms in total. The molecule has 2 rings (SSSR count). The van der Waals surface area contributed by atoms with Crippen molar-refractivity contribution in [1.29, 1.82) is 0 Å². The first kappa shape index (κ1) is 15.7. The van der Waals surface area contributed by atoms with E-state index in [0.29, 0.717) is 11.0 Å². The van der Waals surface area contributed by atoms with Crippen molar-refractivity contribution < 1.29 is 0 Å². The Hall–Kier alpha value is 0.270. The average molecular weight is 285 g/mol. The van der Waals surface area contributed by atoms with E-state index in [2.05, 4.69) is 37.4 Å². The van der Waals surface area contributed by atoms with E-state index in [1.807, 2.05) is 0 Å². The lowest BCUT2D eigenvalue weighted by atomic mass is 9.76. The van der Waals surface area contributed by atoms with Crippen molar-refractivity contribution in [2.75, 3.05) is 31.1 Å². The van der Waals surface area contributed by atoms with E-state index < -0.39 is 0 Å². The molecule has 2 aliphatic rings. The van der Waals surface area contributed by atoms with Gasteiger partial charge in [0.2, 0.25) is 0 Å². The smallest absolute Gasteiger partial charge is 0.0332 e. The van der Waals surface area contributed by atoms with Crippen molar-refractivity contribution in [3.8, 4) is 0 Å². The van der Waals surface area contributed by atoms with E-state index in [9.17, 15) is 0 Å². The van der Waals surface area contributed by atoms with E-state index in [0.717, 1.165) is 12.5 Å². The molecule has 3 heteroatoms. The van der Waals surface area contributed by atoms with Crippen LogP contribution in [0, 0.1) is 11.3 Å². The summed E-state index contributed by atoms with van der Waals surface area (Å²) in [7, 11) is 0. The Morgan fingerprint density at radius 1 is 1.16 bits per heavy atom. The number of nitrogens with zero attached hydrogens (tertiary/aromatic N) is 1. The lowest BCUT2D eigenvalue weighted by Gasteiger charge is -2.45. The van der Waals surface area contributed by atoms with Gasteiger partial charge in [0, 0.05) is 36.7 Å². The van der Waals surface area contributed by atoms with Crippen molar-refractivity contribution in [2.45, 2.75) is 58.4 Å². The van der Waals surface area contributed by atoms with Crippen LogP contribution in [0.4, 0.5) is 0 Å². The van der Waals surface area contributed by atoms with Gasteiger partial charge in [-0.3, -0.25) is 4.90 Å². The lowest BCUT2D eigenvalue weighted by Crippen LogP contribution is -2.56. The minimum Gasteiger partial charge on any atom is -0.329 e. The molecule has 0 radical (unpaired) electrons. The first-order chi connectivity index (χ1) is 8.98. The molecule has 1 saturated heterocycles. The van der Waals surface area contributed by atoms with Crippen LogP contribution in [0.25, 0.3) is 0 Å². The van der Waals surface area contributed by atoms with Crippen molar-refractivity contribution in [2.24, 2.45) is 17.1 Å². The van der Waals surface area contributed by atoms with Gasteiger partial charge in [-0.25, -0.2) is 0 Å². The average Bonchev–Trinajstić information content (AvgIpc) is 2.62. The van der Waals surface area contributed by atoms with Crippen molar-refractivity contribution in [3.63, 3.8) is 0 Å². The summed E-state index contributed by atoms with van der Waals surface area (Å²) in [6.07, 6.45) is 6.76. The van der Waals surface area contributed by atoms with Crippen LogP contribution in [-0.4, -0.2) is 41.6 Å². The monoisotopic (exact) mass is 284 g/mol. The maximum absolute atomic E-state index is 6.24. The zero-order chi connectivity index (χ0) is 13.9. The molecule has 2 atom stereocenters. The summed E-state index contributed by atoms with van der Waals surface area (Å²) in [6.45, 7) is 10.6. The summed E-state index contributed by atoms with van der Waals surface area (Å²) >= 11 is 2.10. The molecule has 0 aromatic heterocycles. The summed E-state index contributed by atoms with van der Waals surface area (Å²) in [5.74, 6) is 3.47. The standard InChI is InChI=1S/C16H32N2S/c1-15(2,3)14-5-4-7-16(13-17,8-6-14)18-9-11-19-12-10-18/h14H,4-13,17H2,1-3H3. The largest absolute Gasteiger partial charge is 0.329 e. The van der Waals surface area contributed by atoms with Gasteiger partial charge in [0.15, 0.2) is 0 Å². The van der Waals surface area contributed by atoms with Crippen LogP contribution in [0.15, 0.2) is 0 Å². The molecule has 0 aromatic carbocycles. The van der Waals surface area contributed by atoms with Gasteiger partial charge in [-0.05, 0) is 37.0 Å². The van der Waals surface area contributed by atoms with Crippen LogP contribution in [0.2, 0.25) is 0 Å². The molecule has 1 heterocycles. The lowest BCUT2D eigenvalue weighted by molar-refractivity contribution is 0.0852. The third kappa shape index (κ3) is 3.68. The quantitative estimate of drug-likeness (QED) is 0.788. The topological polar surface area (TPSA) is 29.3 Å². The SMILES string of the molecule is CC(C)(C)C1CCCC(CN)(N2CCSCC2)CC1. The Kier molecular flexibility index (Phi) is 5.24. The second-order valence-electron chi connectivity index (χ2n) is 7.52. The summed E-state index contributed by atoms with van der Waals surface area (Å²) in [6, 6.07) is 0. The van der Waals surface area contributed by atoms with Crippen LogP contribution in [-0.2, 0) is 0 Å². The van der Waals surface area contributed by atoms with E-state index >= 15 is 0 Å². The zero-order valence-corrected chi connectivity index (χ0v) is 13.9. The number of rotatable bonds is 2. The minimum atomic E-state index is 0.320. The van der Waals surface area contributed by atoms with Gasteiger partial charge in [0.05, 0.1) is 0 Å². The molecule has 0 aromatic rings. The van der Waals surface area contributed by atoms with Crippen molar-refractivity contribution in [1.82, 2.24) is 4.90 Å². The highest BCUT2D eigenvalue weighted by Crippen LogP contribution is 2.41. The van der Waals surface area contributed by atoms with Crippen molar-refractivity contribution >= 4 is 11.8 Å². The van der Waals surface area contributed by atoms with Gasteiger partial charge in [-0.2, -0.15) is 11.8 Å². The van der Waals surface area contributed by atoms with Crippen molar-refractivity contribution in [3.05, 3.63) is 0 Å². The molecule has 0 bridgehead atoms. The highest BCUT2D eigenvalue weighted by Gasteiger charge is 2.39. The number of hydrogen-bond donors (Lipinski definition) is 1. The molecule has 1 aliphatic carbocycles.